The van der Waals surface area contributed by atoms with Crippen LogP contribution >= 0.6 is 0 Å². The van der Waals surface area contributed by atoms with Crippen molar-refractivity contribution in [2.24, 2.45) is 7.05 Å². The maximum absolute atomic E-state index is 2.21. The van der Waals surface area contributed by atoms with E-state index in [-0.39, 0.29) is 0 Å². The van der Waals surface area contributed by atoms with Gasteiger partial charge in [-0.1, -0.05) is 13.3 Å². The SMILES string of the molecule is CCCCn1cc[n+](C)[13cH]1. The van der Waals surface area contributed by atoms with Crippen LogP contribution in [-0.4, -0.2) is 4.57 Å². The van der Waals surface area contributed by atoms with E-state index >= 15 is 0 Å². The minimum Gasteiger partial charge on any atom is -0.240 e. The van der Waals surface area contributed by atoms with Crippen LogP contribution < -0.4 is 4.57 Å². The maximum atomic E-state index is 2.21. The van der Waals surface area contributed by atoms with E-state index in [9.17, 15) is 0 Å². The second kappa shape index (κ2) is 3.40. The van der Waals surface area contributed by atoms with Crippen LogP contribution in [0.1, 0.15) is 19.8 Å². The van der Waals surface area contributed by atoms with Gasteiger partial charge in [0.05, 0.1) is 13.6 Å². The Morgan fingerprint density at radius 2 is 2.30 bits per heavy atom. The van der Waals surface area contributed by atoms with Crippen LogP contribution in [0.5, 0.6) is 0 Å². The van der Waals surface area contributed by atoms with Gasteiger partial charge in [0, 0.05) is 0 Å². The third kappa shape index (κ3) is 1.87. The van der Waals surface area contributed by atoms with Gasteiger partial charge in [-0.2, -0.15) is 0 Å². The molecule has 2 heteroatoms. The molecule has 0 aliphatic rings. The van der Waals surface area contributed by atoms with Crippen molar-refractivity contribution in [2.45, 2.75) is 26.3 Å². The number of imidazole rings is 1. The minimum atomic E-state index is 1.15. The molecule has 2 nitrogen and oxygen atoms in total. The van der Waals surface area contributed by atoms with E-state index in [1.165, 1.54) is 12.8 Å². The molecule has 0 unspecified atom stereocenters. The molecule has 0 saturated heterocycles. The Kier molecular flexibility index (Phi) is 2.49. The fourth-order valence-corrected chi connectivity index (χ4v) is 0.975. The van der Waals surface area contributed by atoms with Crippen LogP contribution in [0.15, 0.2) is 18.7 Å². The predicted octanol–water partition coefficient (Wildman–Crippen LogP) is 1.11. The molecule has 0 spiro atoms. The summed E-state index contributed by atoms with van der Waals surface area (Å²) in [6.45, 7) is 3.36. The molecule has 0 aromatic carbocycles. The van der Waals surface area contributed by atoms with Crippen molar-refractivity contribution in [1.29, 1.82) is 0 Å². The van der Waals surface area contributed by atoms with Crippen molar-refractivity contribution in [2.75, 3.05) is 0 Å². The number of aromatic nitrogens is 2. The Balaban J connectivity index is 2.42. The van der Waals surface area contributed by atoms with Crippen molar-refractivity contribution in [1.82, 2.24) is 4.57 Å². The molecule has 1 aromatic heterocycles. The van der Waals surface area contributed by atoms with Crippen molar-refractivity contribution in [3.8, 4) is 0 Å². The monoisotopic (exact) mass is 140 g/mol. The Morgan fingerprint density at radius 3 is 2.80 bits per heavy atom. The van der Waals surface area contributed by atoms with Gasteiger partial charge in [0.15, 0.2) is 0 Å². The van der Waals surface area contributed by atoms with Crippen LogP contribution in [0.4, 0.5) is 0 Å². The fourth-order valence-electron chi connectivity index (χ4n) is 0.975. The van der Waals surface area contributed by atoms with E-state index in [4.69, 9.17) is 0 Å². The van der Waals surface area contributed by atoms with Crippen molar-refractivity contribution in [3.63, 3.8) is 0 Å². The number of hydrogen-bond acceptors (Lipinski definition) is 0. The summed E-state index contributed by atoms with van der Waals surface area (Å²) in [5.41, 5.74) is 0. The van der Waals surface area contributed by atoms with Gasteiger partial charge in [-0.25, -0.2) is 9.13 Å². The highest BCUT2D eigenvalue weighted by Gasteiger charge is 1.96. The van der Waals surface area contributed by atoms with Gasteiger partial charge >= 0.3 is 0 Å². The van der Waals surface area contributed by atoms with Crippen LogP contribution in [0, 0.1) is 0 Å². The van der Waals surface area contributed by atoms with E-state index in [1.54, 1.807) is 0 Å². The second-order valence-corrected chi connectivity index (χ2v) is 2.67. The molecule has 0 saturated carbocycles. The molecule has 0 aliphatic carbocycles. The number of unbranched alkanes of at least 4 members (excludes halogenated alkanes) is 1. The first-order valence-corrected chi connectivity index (χ1v) is 3.84. The topological polar surface area (TPSA) is 8.81 Å². The molecule has 56 valence electrons. The van der Waals surface area contributed by atoms with E-state index in [2.05, 4.69) is 34.8 Å². The van der Waals surface area contributed by atoms with Gasteiger partial charge in [-0.05, 0) is 6.42 Å². The number of rotatable bonds is 3. The van der Waals surface area contributed by atoms with Crippen LogP contribution in [0.3, 0.4) is 0 Å². The zero-order valence-electron chi connectivity index (χ0n) is 6.75. The molecule has 0 atom stereocenters. The lowest BCUT2D eigenvalue weighted by Crippen LogP contribution is -2.23. The Hall–Kier alpha value is -0.790. The summed E-state index contributed by atoms with van der Waals surface area (Å²) in [6, 6.07) is 0. The smallest absolute Gasteiger partial charge is 0.240 e. The van der Waals surface area contributed by atoms with E-state index in [1.807, 2.05) is 7.05 Å². The average molecular weight is 140 g/mol. The quantitative estimate of drug-likeness (QED) is 0.556. The summed E-state index contributed by atoms with van der Waals surface area (Å²) >= 11 is 0. The Labute approximate surface area is 62.1 Å². The summed E-state index contributed by atoms with van der Waals surface area (Å²) in [7, 11) is 2.04. The fraction of sp³-hybridized carbons (Fsp3) is 0.625. The van der Waals surface area contributed by atoms with Gasteiger partial charge in [0.2, 0.25) is 6.33 Å². The molecular weight excluding hydrogens is 125 g/mol. The van der Waals surface area contributed by atoms with Crippen LogP contribution in [0.25, 0.3) is 0 Å². The normalized spacial score (nSPS) is 10.2. The number of aryl methyl sites for hydroxylation is 2. The van der Waals surface area contributed by atoms with Gasteiger partial charge < -0.3 is 0 Å². The molecule has 0 fully saturated rings. The molecule has 1 aromatic rings. The highest BCUT2D eigenvalue weighted by Crippen LogP contribution is 1.91. The first-order chi connectivity index (χ1) is 4.83. The predicted molar refractivity (Wildman–Crippen MR) is 40.5 cm³/mol. The zero-order chi connectivity index (χ0) is 7.40. The first-order valence-electron chi connectivity index (χ1n) is 3.84. The molecule has 0 bridgehead atoms. The number of hydrogen-bond donors (Lipinski definition) is 0. The number of nitrogens with zero attached hydrogens (tertiary/aromatic N) is 2. The van der Waals surface area contributed by atoms with Gasteiger partial charge in [-0.15, -0.1) is 0 Å². The average Bonchev–Trinajstić information content (AvgIpc) is 2.31. The van der Waals surface area contributed by atoms with E-state index in [0.717, 1.165) is 6.54 Å². The molecule has 10 heavy (non-hydrogen) atoms. The van der Waals surface area contributed by atoms with Gasteiger partial charge in [-0.3, -0.25) is 0 Å². The van der Waals surface area contributed by atoms with Crippen LogP contribution in [-0.2, 0) is 13.6 Å². The highest BCUT2D eigenvalue weighted by molar-refractivity contribution is 4.65. The van der Waals surface area contributed by atoms with E-state index < -0.39 is 0 Å². The first kappa shape index (κ1) is 7.32. The van der Waals surface area contributed by atoms with Gasteiger partial charge in [0.25, 0.3) is 0 Å². The van der Waals surface area contributed by atoms with Crippen molar-refractivity contribution < 1.29 is 4.57 Å². The molecular formula is C8H15N2+. The molecule has 0 N–H and O–H groups in total. The Bertz CT molecular complexity index is 191. The van der Waals surface area contributed by atoms with Gasteiger partial charge in [0.1, 0.15) is 12.4 Å². The highest BCUT2D eigenvalue weighted by atomic mass is 15.2. The molecule has 1 heterocycles. The second-order valence-electron chi connectivity index (χ2n) is 2.67. The lowest BCUT2D eigenvalue weighted by molar-refractivity contribution is -0.671. The minimum absolute atomic E-state index is 1.15. The molecule has 0 aliphatic heterocycles. The lowest BCUT2D eigenvalue weighted by atomic mass is 10.3. The third-order valence-corrected chi connectivity index (χ3v) is 1.59. The largest absolute Gasteiger partial charge is 0.243 e. The van der Waals surface area contributed by atoms with Crippen LogP contribution in [0.2, 0.25) is 0 Å². The zero-order valence-corrected chi connectivity index (χ0v) is 6.75. The summed E-state index contributed by atoms with van der Waals surface area (Å²) in [5, 5.41) is 0. The summed E-state index contributed by atoms with van der Waals surface area (Å²) < 4.78 is 4.28. The lowest BCUT2D eigenvalue weighted by Gasteiger charge is -1.90. The summed E-state index contributed by atoms with van der Waals surface area (Å²) in [6.07, 6.45) is 8.82. The van der Waals surface area contributed by atoms with Crippen molar-refractivity contribution >= 4 is 0 Å². The summed E-state index contributed by atoms with van der Waals surface area (Å²) in [4.78, 5) is 0. The Morgan fingerprint density at radius 1 is 1.50 bits per heavy atom. The summed E-state index contributed by atoms with van der Waals surface area (Å²) in [5.74, 6) is 0. The van der Waals surface area contributed by atoms with Crippen molar-refractivity contribution in [3.05, 3.63) is 18.7 Å². The standard InChI is InChI=1S/C8H15N2/c1-3-4-5-10-7-6-9(2)8-10/h6-8H,3-5H2,1-2H3/q+1/i8+1. The maximum Gasteiger partial charge on any atom is 0.243 e. The third-order valence-electron chi connectivity index (χ3n) is 1.59. The molecule has 1 rings (SSSR count). The molecule has 0 amide bonds. The molecule has 0 radical (unpaired) electrons. The van der Waals surface area contributed by atoms with E-state index in [0.29, 0.717) is 0 Å².